The lowest BCUT2D eigenvalue weighted by Crippen LogP contribution is -1.83. The molecular formula is C10H10N2O. The molecule has 0 bridgehead atoms. The summed E-state index contributed by atoms with van der Waals surface area (Å²) in [5, 5.41) is 6.79. The predicted octanol–water partition coefficient (Wildman–Crippen LogP) is 2.09. The average Bonchev–Trinajstić information content (AvgIpc) is 2.71. The van der Waals surface area contributed by atoms with Crippen molar-refractivity contribution in [1.29, 1.82) is 0 Å². The largest absolute Gasteiger partial charge is 0.497 e. The van der Waals surface area contributed by atoms with E-state index in [0.29, 0.717) is 0 Å². The molecule has 13 heavy (non-hydrogen) atoms. The summed E-state index contributed by atoms with van der Waals surface area (Å²) in [6.45, 7) is 0. The first kappa shape index (κ1) is 7.86. The molecule has 2 aromatic rings. The molecule has 1 N–H and O–H groups in total. The van der Waals surface area contributed by atoms with Crippen LogP contribution in [0.5, 0.6) is 5.75 Å². The van der Waals surface area contributed by atoms with Gasteiger partial charge in [0.05, 0.1) is 12.8 Å². The van der Waals surface area contributed by atoms with Gasteiger partial charge in [-0.3, -0.25) is 5.10 Å². The second-order valence-electron chi connectivity index (χ2n) is 2.70. The Labute approximate surface area is 76.4 Å². The third-order valence-electron chi connectivity index (χ3n) is 1.88. The third-order valence-corrected chi connectivity index (χ3v) is 1.88. The Balaban J connectivity index is 2.41. The van der Waals surface area contributed by atoms with Crippen LogP contribution < -0.4 is 4.74 Å². The Kier molecular flexibility index (Phi) is 2.00. The molecule has 0 atom stereocenters. The minimum atomic E-state index is 0.854. The monoisotopic (exact) mass is 174 g/mol. The van der Waals surface area contributed by atoms with Gasteiger partial charge in [-0.2, -0.15) is 5.10 Å². The minimum absolute atomic E-state index is 0.854. The van der Waals surface area contributed by atoms with Gasteiger partial charge in [-0.1, -0.05) is 12.1 Å². The van der Waals surface area contributed by atoms with Crippen molar-refractivity contribution in [2.24, 2.45) is 0 Å². The maximum atomic E-state index is 5.12. The van der Waals surface area contributed by atoms with E-state index < -0.39 is 0 Å². The molecule has 0 saturated heterocycles. The molecule has 0 aliphatic rings. The molecule has 0 unspecified atom stereocenters. The van der Waals surface area contributed by atoms with Crippen LogP contribution in [0.1, 0.15) is 0 Å². The second kappa shape index (κ2) is 3.31. The normalized spacial score (nSPS) is 9.92. The summed E-state index contributed by atoms with van der Waals surface area (Å²) in [6, 6.07) is 9.77. The molecular weight excluding hydrogens is 164 g/mol. The molecule has 3 nitrogen and oxygen atoms in total. The van der Waals surface area contributed by atoms with Crippen LogP contribution in [0.2, 0.25) is 0 Å². The Morgan fingerprint density at radius 1 is 1.31 bits per heavy atom. The molecule has 66 valence electrons. The van der Waals surface area contributed by atoms with Gasteiger partial charge in [0.15, 0.2) is 0 Å². The van der Waals surface area contributed by atoms with Gasteiger partial charge in [0, 0.05) is 11.8 Å². The van der Waals surface area contributed by atoms with Crippen molar-refractivity contribution in [3.63, 3.8) is 0 Å². The molecule has 0 amide bonds. The number of hydrogen-bond acceptors (Lipinski definition) is 2. The van der Waals surface area contributed by atoms with Crippen molar-refractivity contribution in [2.45, 2.75) is 0 Å². The fourth-order valence-corrected chi connectivity index (χ4v) is 1.21. The summed E-state index contributed by atoms with van der Waals surface area (Å²) in [7, 11) is 1.66. The van der Waals surface area contributed by atoms with Gasteiger partial charge in [-0.15, -0.1) is 0 Å². The quantitative estimate of drug-likeness (QED) is 0.756. The number of hydrogen-bond donors (Lipinski definition) is 1. The molecule has 1 aromatic carbocycles. The van der Waals surface area contributed by atoms with E-state index >= 15 is 0 Å². The highest BCUT2D eigenvalue weighted by Gasteiger charge is 1.99. The maximum Gasteiger partial charge on any atom is 0.119 e. The smallest absolute Gasteiger partial charge is 0.119 e. The Morgan fingerprint density at radius 2 is 2.23 bits per heavy atom. The van der Waals surface area contributed by atoms with Gasteiger partial charge in [-0.25, -0.2) is 0 Å². The van der Waals surface area contributed by atoms with E-state index in [9.17, 15) is 0 Å². The molecule has 0 aliphatic carbocycles. The number of aromatic amines is 1. The molecule has 0 aliphatic heterocycles. The fourth-order valence-electron chi connectivity index (χ4n) is 1.21. The topological polar surface area (TPSA) is 37.9 Å². The van der Waals surface area contributed by atoms with Gasteiger partial charge in [-0.05, 0) is 18.2 Å². The van der Waals surface area contributed by atoms with Gasteiger partial charge in [0.1, 0.15) is 5.75 Å². The molecule has 0 radical (unpaired) electrons. The van der Waals surface area contributed by atoms with Crippen molar-refractivity contribution in [2.75, 3.05) is 7.11 Å². The summed E-state index contributed by atoms with van der Waals surface area (Å²) in [5.74, 6) is 0.854. The summed E-state index contributed by atoms with van der Waals surface area (Å²) < 4.78 is 5.12. The Hall–Kier alpha value is -1.77. The maximum absolute atomic E-state index is 5.12. The van der Waals surface area contributed by atoms with Gasteiger partial charge in [0.2, 0.25) is 0 Å². The molecule has 0 spiro atoms. The summed E-state index contributed by atoms with van der Waals surface area (Å²) in [4.78, 5) is 0. The zero-order valence-electron chi connectivity index (χ0n) is 7.32. The number of rotatable bonds is 2. The highest BCUT2D eigenvalue weighted by atomic mass is 16.5. The third kappa shape index (κ3) is 1.54. The molecule has 1 aromatic heterocycles. The van der Waals surface area contributed by atoms with Crippen molar-refractivity contribution in [1.82, 2.24) is 10.2 Å². The summed E-state index contributed by atoms with van der Waals surface area (Å²) >= 11 is 0. The predicted molar refractivity (Wildman–Crippen MR) is 50.6 cm³/mol. The number of ether oxygens (including phenoxy) is 1. The van der Waals surface area contributed by atoms with Crippen LogP contribution in [-0.4, -0.2) is 17.3 Å². The van der Waals surface area contributed by atoms with E-state index in [4.69, 9.17) is 4.74 Å². The zero-order valence-corrected chi connectivity index (χ0v) is 7.32. The Morgan fingerprint density at radius 3 is 2.92 bits per heavy atom. The highest BCUT2D eigenvalue weighted by Crippen LogP contribution is 2.21. The SMILES string of the molecule is COc1cccc(-c2ccn[nH]2)c1. The van der Waals surface area contributed by atoms with Crippen molar-refractivity contribution >= 4 is 0 Å². The first-order valence-electron chi connectivity index (χ1n) is 4.04. The number of H-pyrrole nitrogens is 1. The minimum Gasteiger partial charge on any atom is -0.497 e. The van der Waals surface area contributed by atoms with Crippen LogP contribution in [0.3, 0.4) is 0 Å². The first-order valence-corrected chi connectivity index (χ1v) is 4.04. The van der Waals surface area contributed by atoms with E-state index in [0.717, 1.165) is 17.0 Å². The fraction of sp³-hybridized carbons (Fsp3) is 0.100. The second-order valence-corrected chi connectivity index (χ2v) is 2.70. The van der Waals surface area contributed by atoms with Crippen molar-refractivity contribution in [3.8, 4) is 17.0 Å². The first-order chi connectivity index (χ1) is 6.40. The van der Waals surface area contributed by atoms with E-state index in [1.165, 1.54) is 0 Å². The Bertz CT molecular complexity index is 382. The highest BCUT2D eigenvalue weighted by molar-refractivity contribution is 5.60. The van der Waals surface area contributed by atoms with Crippen LogP contribution in [0.15, 0.2) is 36.5 Å². The average molecular weight is 174 g/mol. The van der Waals surface area contributed by atoms with Crippen LogP contribution in [0.4, 0.5) is 0 Å². The van der Waals surface area contributed by atoms with E-state index in [1.54, 1.807) is 13.3 Å². The number of methoxy groups -OCH3 is 1. The zero-order chi connectivity index (χ0) is 9.10. The van der Waals surface area contributed by atoms with Crippen LogP contribution in [-0.2, 0) is 0 Å². The summed E-state index contributed by atoms with van der Waals surface area (Å²) in [5.41, 5.74) is 2.08. The summed E-state index contributed by atoms with van der Waals surface area (Å²) in [6.07, 6.45) is 1.73. The van der Waals surface area contributed by atoms with Crippen molar-refractivity contribution < 1.29 is 4.74 Å². The standard InChI is InChI=1S/C10H10N2O/c1-13-9-4-2-3-8(7-9)10-5-6-11-12-10/h2-7H,1H3,(H,11,12). The van der Waals surface area contributed by atoms with E-state index in [-0.39, 0.29) is 0 Å². The number of nitrogens with one attached hydrogen (secondary N) is 1. The van der Waals surface area contributed by atoms with Crippen molar-refractivity contribution in [3.05, 3.63) is 36.5 Å². The number of aromatic nitrogens is 2. The number of benzene rings is 1. The van der Waals surface area contributed by atoms with Gasteiger partial charge < -0.3 is 4.74 Å². The van der Waals surface area contributed by atoms with Crippen LogP contribution >= 0.6 is 0 Å². The molecule has 0 fully saturated rings. The van der Waals surface area contributed by atoms with E-state index in [1.807, 2.05) is 30.3 Å². The molecule has 2 rings (SSSR count). The molecule has 0 saturated carbocycles. The molecule has 3 heteroatoms. The van der Waals surface area contributed by atoms with Crippen LogP contribution in [0, 0.1) is 0 Å². The van der Waals surface area contributed by atoms with Gasteiger partial charge in [0.25, 0.3) is 0 Å². The van der Waals surface area contributed by atoms with E-state index in [2.05, 4.69) is 10.2 Å². The van der Waals surface area contributed by atoms with Gasteiger partial charge >= 0.3 is 0 Å². The van der Waals surface area contributed by atoms with Crippen LogP contribution in [0.25, 0.3) is 11.3 Å². The molecule has 1 heterocycles. The lowest BCUT2D eigenvalue weighted by Gasteiger charge is -2.01. The lowest BCUT2D eigenvalue weighted by molar-refractivity contribution is 0.415. The lowest BCUT2D eigenvalue weighted by atomic mass is 10.1. The number of nitrogens with zero attached hydrogens (tertiary/aromatic N) is 1.